The summed E-state index contributed by atoms with van der Waals surface area (Å²) in [4.78, 5) is 21.8. The topological polar surface area (TPSA) is 84.3 Å². The average Bonchev–Trinajstić information content (AvgIpc) is 2.46. The number of nitro benzene ring substituents is 1. The number of carbonyl (C=O) groups excluding carboxylic acids is 1. The second kappa shape index (κ2) is 6.81. The summed E-state index contributed by atoms with van der Waals surface area (Å²) in [5.74, 6) is -0.129. The third-order valence-electron chi connectivity index (χ3n) is 3.22. The van der Waals surface area contributed by atoms with E-state index >= 15 is 0 Å². The summed E-state index contributed by atoms with van der Waals surface area (Å²) >= 11 is 0. The number of hydrogen-bond acceptors (Lipinski definition) is 4. The summed E-state index contributed by atoms with van der Waals surface area (Å²) in [5.41, 5.74) is 0.803. The summed E-state index contributed by atoms with van der Waals surface area (Å²) in [6.45, 7) is 1.86. The van der Waals surface area contributed by atoms with E-state index in [0.717, 1.165) is 31.5 Å². The Morgan fingerprint density at radius 1 is 1.30 bits per heavy atom. The summed E-state index contributed by atoms with van der Waals surface area (Å²) in [5, 5.41) is 16.7. The molecular weight excluding hydrogens is 258 g/mol. The van der Waals surface area contributed by atoms with Crippen molar-refractivity contribution in [2.75, 3.05) is 13.1 Å². The van der Waals surface area contributed by atoms with Crippen LogP contribution in [0, 0.1) is 10.1 Å². The number of rotatable bonds is 4. The van der Waals surface area contributed by atoms with Gasteiger partial charge in [0.2, 0.25) is 5.91 Å². The molecule has 1 aliphatic rings. The molecule has 1 saturated heterocycles. The molecule has 0 radical (unpaired) electrons. The van der Waals surface area contributed by atoms with E-state index in [0.29, 0.717) is 0 Å². The number of nitrogens with one attached hydrogen (secondary N) is 2. The molecule has 6 nitrogen and oxygen atoms in total. The van der Waals surface area contributed by atoms with Crippen LogP contribution in [0.5, 0.6) is 0 Å². The highest BCUT2D eigenvalue weighted by Gasteiger charge is 2.13. The van der Waals surface area contributed by atoms with E-state index in [1.807, 2.05) is 0 Å². The fourth-order valence-corrected chi connectivity index (χ4v) is 2.09. The molecular formula is C14H17N3O3. The van der Waals surface area contributed by atoms with E-state index < -0.39 is 4.92 Å². The summed E-state index contributed by atoms with van der Waals surface area (Å²) in [6.07, 6.45) is 5.00. The van der Waals surface area contributed by atoms with Crippen molar-refractivity contribution in [1.82, 2.24) is 10.6 Å². The number of nitro groups is 1. The van der Waals surface area contributed by atoms with Crippen molar-refractivity contribution in [3.05, 3.63) is 46.0 Å². The number of piperidine rings is 1. The molecule has 0 atom stereocenters. The summed E-state index contributed by atoms with van der Waals surface area (Å²) in [6, 6.07) is 6.30. The van der Waals surface area contributed by atoms with Crippen molar-refractivity contribution in [2.45, 2.75) is 18.9 Å². The molecule has 0 bridgehead atoms. The van der Waals surface area contributed by atoms with Gasteiger partial charge >= 0.3 is 0 Å². The highest BCUT2D eigenvalue weighted by molar-refractivity contribution is 5.91. The van der Waals surface area contributed by atoms with Gasteiger partial charge in [-0.1, -0.05) is 0 Å². The van der Waals surface area contributed by atoms with Gasteiger partial charge in [0, 0.05) is 24.3 Å². The number of benzene rings is 1. The number of hydrogen-bond donors (Lipinski definition) is 2. The molecule has 0 aromatic heterocycles. The van der Waals surface area contributed by atoms with E-state index in [2.05, 4.69) is 10.6 Å². The first-order valence-corrected chi connectivity index (χ1v) is 6.59. The van der Waals surface area contributed by atoms with Gasteiger partial charge in [0.15, 0.2) is 0 Å². The molecule has 1 amide bonds. The minimum absolute atomic E-state index is 0.0429. The van der Waals surface area contributed by atoms with Gasteiger partial charge in [-0.05, 0) is 49.7 Å². The Bertz CT molecular complexity index is 505. The Balaban J connectivity index is 1.87. The van der Waals surface area contributed by atoms with Crippen LogP contribution in [0.1, 0.15) is 18.4 Å². The van der Waals surface area contributed by atoms with Gasteiger partial charge in [0.25, 0.3) is 5.69 Å². The molecule has 2 N–H and O–H groups in total. The molecule has 1 aromatic rings. The zero-order chi connectivity index (χ0) is 14.4. The number of carbonyl (C=O) groups is 1. The second-order valence-electron chi connectivity index (χ2n) is 4.71. The monoisotopic (exact) mass is 275 g/mol. The van der Waals surface area contributed by atoms with Crippen molar-refractivity contribution in [3.63, 3.8) is 0 Å². The normalized spacial score (nSPS) is 16.2. The van der Waals surface area contributed by atoms with Crippen molar-refractivity contribution in [1.29, 1.82) is 0 Å². The molecule has 20 heavy (non-hydrogen) atoms. The number of amides is 1. The van der Waals surface area contributed by atoms with Crippen LogP contribution >= 0.6 is 0 Å². The van der Waals surface area contributed by atoms with Crippen LogP contribution in [0.4, 0.5) is 5.69 Å². The first-order valence-electron chi connectivity index (χ1n) is 6.59. The minimum atomic E-state index is -0.447. The standard InChI is InChI=1S/C14H17N3O3/c18-14(16-12-7-9-15-10-8-12)6-3-11-1-4-13(5-2-11)17(19)20/h1-6,12,15H,7-10H2,(H,16,18)/b6-3+. The molecule has 0 aliphatic carbocycles. The van der Waals surface area contributed by atoms with Gasteiger partial charge in [0.1, 0.15) is 0 Å². The molecule has 0 unspecified atom stereocenters. The molecule has 1 fully saturated rings. The van der Waals surface area contributed by atoms with E-state index in [1.165, 1.54) is 18.2 Å². The molecule has 1 aliphatic heterocycles. The molecule has 6 heteroatoms. The average molecular weight is 275 g/mol. The zero-order valence-electron chi connectivity index (χ0n) is 11.0. The largest absolute Gasteiger partial charge is 0.350 e. The van der Waals surface area contributed by atoms with E-state index in [-0.39, 0.29) is 17.6 Å². The van der Waals surface area contributed by atoms with Crippen molar-refractivity contribution in [3.8, 4) is 0 Å². The molecule has 0 saturated carbocycles. The number of non-ortho nitro benzene ring substituents is 1. The Labute approximate surface area is 117 Å². The first kappa shape index (κ1) is 14.2. The van der Waals surface area contributed by atoms with Crippen LogP contribution in [0.25, 0.3) is 6.08 Å². The van der Waals surface area contributed by atoms with E-state index in [4.69, 9.17) is 0 Å². The predicted octanol–water partition coefficient (Wildman–Crippen LogP) is 1.48. The maximum atomic E-state index is 11.7. The third-order valence-corrected chi connectivity index (χ3v) is 3.22. The Morgan fingerprint density at radius 3 is 2.55 bits per heavy atom. The van der Waals surface area contributed by atoms with Gasteiger partial charge < -0.3 is 10.6 Å². The Morgan fingerprint density at radius 2 is 1.95 bits per heavy atom. The summed E-state index contributed by atoms with van der Waals surface area (Å²) in [7, 11) is 0. The Kier molecular flexibility index (Phi) is 4.84. The maximum absolute atomic E-state index is 11.7. The summed E-state index contributed by atoms with van der Waals surface area (Å²) < 4.78 is 0. The lowest BCUT2D eigenvalue weighted by Gasteiger charge is -2.22. The molecule has 1 aromatic carbocycles. The molecule has 2 rings (SSSR count). The Hall–Kier alpha value is -2.21. The van der Waals surface area contributed by atoms with Crippen LogP contribution in [0.3, 0.4) is 0 Å². The SMILES string of the molecule is O=C(/C=C/c1ccc([N+](=O)[O-])cc1)NC1CCNCC1. The fourth-order valence-electron chi connectivity index (χ4n) is 2.09. The van der Waals surface area contributed by atoms with Gasteiger partial charge in [-0.2, -0.15) is 0 Å². The van der Waals surface area contributed by atoms with Crippen LogP contribution in [-0.4, -0.2) is 30.0 Å². The maximum Gasteiger partial charge on any atom is 0.269 e. The van der Waals surface area contributed by atoms with Gasteiger partial charge in [-0.3, -0.25) is 14.9 Å². The number of nitrogens with zero attached hydrogens (tertiary/aromatic N) is 1. The smallest absolute Gasteiger partial charge is 0.269 e. The fraction of sp³-hybridized carbons (Fsp3) is 0.357. The molecule has 0 spiro atoms. The van der Waals surface area contributed by atoms with Gasteiger partial charge in [-0.15, -0.1) is 0 Å². The van der Waals surface area contributed by atoms with Crippen molar-refractivity contribution in [2.24, 2.45) is 0 Å². The van der Waals surface area contributed by atoms with Gasteiger partial charge in [0.05, 0.1) is 4.92 Å². The minimum Gasteiger partial charge on any atom is -0.350 e. The molecule has 1 heterocycles. The van der Waals surface area contributed by atoms with Crippen LogP contribution in [0.15, 0.2) is 30.3 Å². The lowest BCUT2D eigenvalue weighted by Crippen LogP contribution is -2.42. The van der Waals surface area contributed by atoms with Crippen LogP contribution in [0.2, 0.25) is 0 Å². The van der Waals surface area contributed by atoms with Gasteiger partial charge in [-0.25, -0.2) is 0 Å². The lowest BCUT2D eigenvalue weighted by atomic mass is 10.1. The van der Waals surface area contributed by atoms with Crippen molar-refractivity contribution >= 4 is 17.7 Å². The highest BCUT2D eigenvalue weighted by Crippen LogP contribution is 2.12. The third kappa shape index (κ3) is 4.17. The van der Waals surface area contributed by atoms with E-state index in [9.17, 15) is 14.9 Å². The van der Waals surface area contributed by atoms with Crippen molar-refractivity contribution < 1.29 is 9.72 Å². The quantitative estimate of drug-likeness (QED) is 0.495. The zero-order valence-corrected chi connectivity index (χ0v) is 11.0. The van der Waals surface area contributed by atoms with Crippen LogP contribution < -0.4 is 10.6 Å². The second-order valence-corrected chi connectivity index (χ2v) is 4.71. The van der Waals surface area contributed by atoms with E-state index in [1.54, 1.807) is 18.2 Å². The predicted molar refractivity (Wildman–Crippen MR) is 76.2 cm³/mol. The lowest BCUT2D eigenvalue weighted by molar-refractivity contribution is -0.384. The first-order chi connectivity index (χ1) is 9.65. The molecule has 106 valence electrons. The van der Waals surface area contributed by atoms with Crippen LogP contribution in [-0.2, 0) is 4.79 Å². The highest BCUT2D eigenvalue weighted by atomic mass is 16.6.